The lowest BCUT2D eigenvalue weighted by Gasteiger charge is -2.14. The van der Waals surface area contributed by atoms with E-state index < -0.39 is 0 Å². The number of carbonyl (C=O) groups is 1. The first-order chi connectivity index (χ1) is 8.20. The molecule has 0 saturated carbocycles. The molecule has 0 bridgehead atoms. The quantitative estimate of drug-likeness (QED) is 0.856. The Bertz CT molecular complexity index is 397. The van der Waals surface area contributed by atoms with Gasteiger partial charge in [0, 0.05) is 25.6 Å². The zero-order chi connectivity index (χ0) is 12.3. The third-order valence-corrected chi connectivity index (χ3v) is 4.26. The molecule has 1 aliphatic rings. The number of hydrogen-bond donors (Lipinski definition) is 0. The van der Waals surface area contributed by atoms with Crippen LogP contribution in [0.3, 0.4) is 0 Å². The van der Waals surface area contributed by atoms with Gasteiger partial charge in [0.25, 0.3) is 5.91 Å². The fourth-order valence-electron chi connectivity index (χ4n) is 1.93. The first-order valence-electron chi connectivity index (χ1n) is 5.69. The minimum Gasteiger partial charge on any atom is -0.381 e. The minimum atomic E-state index is 0.0414. The number of aromatic nitrogens is 1. The van der Waals surface area contributed by atoms with Gasteiger partial charge >= 0.3 is 0 Å². The van der Waals surface area contributed by atoms with Gasteiger partial charge in [-0.25, -0.2) is 4.98 Å². The van der Waals surface area contributed by atoms with Gasteiger partial charge in [-0.15, -0.1) is 11.3 Å². The molecular weight excluding hydrogens is 304 g/mol. The van der Waals surface area contributed by atoms with Crippen molar-refractivity contribution in [1.82, 2.24) is 9.88 Å². The Balaban J connectivity index is 1.90. The highest BCUT2D eigenvalue weighted by Crippen LogP contribution is 2.23. The van der Waals surface area contributed by atoms with Crippen LogP contribution in [0.1, 0.15) is 23.1 Å². The van der Waals surface area contributed by atoms with E-state index in [9.17, 15) is 4.79 Å². The molecule has 1 amide bonds. The highest BCUT2D eigenvalue weighted by atomic mass is 79.9. The average molecular weight is 319 g/mol. The average Bonchev–Trinajstić information content (AvgIpc) is 2.94. The molecule has 1 aromatic rings. The zero-order valence-electron chi connectivity index (χ0n) is 9.69. The second-order valence-corrected chi connectivity index (χ2v) is 6.44. The van der Waals surface area contributed by atoms with E-state index in [2.05, 4.69) is 20.9 Å². The topological polar surface area (TPSA) is 42.4 Å². The predicted octanol–water partition coefficient (Wildman–Crippen LogP) is 2.40. The van der Waals surface area contributed by atoms with E-state index in [4.69, 9.17) is 4.74 Å². The lowest BCUT2D eigenvalue weighted by atomic mass is 10.1. The summed E-state index contributed by atoms with van der Waals surface area (Å²) in [5.74, 6) is 0.516. The van der Waals surface area contributed by atoms with Gasteiger partial charge in [0.2, 0.25) is 0 Å². The van der Waals surface area contributed by atoms with E-state index in [0.717, 1.165) is 36.5 Å². The molecule has 1 aliphatic heterocycles. The van der Waals surface area contributed by atoms with Crippen molar-refractivity contribution in [2.24, 2.45) is 5.92 Å². The van der Waals surface area contributed by atoms with Crippen LogP contribution in [0.25, 0.3) is 0 Å². The molecule has 1 fully saturated rings. The number of rotatable bonds is 4. The Labute approximate surface area is 113 Å². The summed E-state index contributed by atoms with van der Waals surface area (Å²) in [6.07, 6.45) is 2.70. The second-order valence-electron chi connectivity index (χ2n) is 4.03. The van der Waals surface area contributed by atoms with Crippen LogP contribution < -0.4 is 0 Å². The Morgan fingerprint density at radius 2 is 2.59 bits per heavy atom. The first kappa shape index (κ1) is 13.0. The molecule has 4 nitrogen and oxygen atoms in total. The van der Waals surface area contributed by atoms with Gasteiger partial charge in [-0.3, -0.25) is 4.79 Å². The fraction of sp³-hybridized carbons (Fsp3) is 0.636. The molecule has 6 heteroatoms. The third kappa shape index (κ3) is 3.26. The van der Waals surface area contributed by atoms with Crippen LogP contribution in [0.2, 0.25) is 0 Å². The normalized spacial score (nSPS) is 19.9. The number of nitrogens with zero attached hydrogens (tertiary/aromatic N) is 2. The lowest BCUT2D eigenvalue weighted by Crippen LogP contribution is -2.29. The molecule has 2 heterocycles. The molecular formula is C11H15BrN2O2S. The molecule has 0 spiro atoms. The molecule has 94 valence electrons. The van der Waals surface area contributed by atoms with Gasteiger partial charge in [-0.05, 0) is 29.3 Å². The van der Waals surface area contributed by atoms with Crippen LogP contribution in [0.5, 0.6) is 0 Å². The SMILES string of the molecule is CCOCC1CCN(C(=O)c2ncc(Br)s2)C1. The van der Waals surface area contributed by atoms with Crippen LogP contribution in [-0.4, -0.2) is 42.1 Å². The lowest BCUT2D eigenvalue weighted by molar-refractivity contribution is 0.0762. The molecule has 0 aromatic carbocycles. The van der Waals surface area contributed by atoms with Crippen molar-refractivity contribution in [1.29, 1.82) is 0 Å². The highest BCUT2D eigenvalue weighted by Gasteiger charge is 2.28. The Morgan fingerprint density at radius 3 is 3.24 bits per heavy atom. The largest absolute Gasteiger partial charge is 0.381 e. The van der Waals surface area contributed by atoms with Crippen LogP contribution in [0, 0.1) is 5.92 Å². The number of ether oxygens (including phenoxy) is 1. The van der Waals surface area contributed by atoms with E-state index in [1.54, 1.807) is 6.20 Å². The molecule has 0 radical (unpaired) electrons. The second kappa shape index (κ2) is 5.93. The molecule has 0 N–H and O–H groups in total. The van der Waals surface area contributed by atoms with E-state index in [1.807, 2.05) is 11.8 Å². The summed E-state index contributed by atoms with van der Waals surface area (Å²) in [7, 11) is 0. The van der Waals surface area contributed by atoms with Crippen LogP contribution in [-0.2, 0) is 4.74 Å². The van der Waals surface area contributed by atoms with E-state index in [-0.39, 0.29) is 5.91 Å². The van der Waals surface area contributed by atoms with Crippen molar-refractivity contribution in [2.45, 2.75) is 13.3 Å². The summed E-state index contributed by atoms with van der Waals surface area (Å²) in [6.45, 7) is 5.08. The van der Waals surface area contributed by atoms with Crippen molar-refractivity contribution in [2.75, 3.05) is 26.3 Å². The smallest absolute Gasteiger partial charge is 0.282 e. The van der Waals surface area contributed by atoms with Crippen LogP contribution >= 0.6 is 27.3 Å². The van der Waals surface area contributed by atoms with Crippen molar-refractivity contribution in [3.63, 3.8) is 0 Å². The summed E-state index contributed by atoms with van der Waals surface area (Å²) in [5, 5.41) is 0.564. The Morgan fingerprint density at radius 1 is 1.76 bits per heavy atom. The predicted molar refractivity (Wildman–Crippen MR) is 70.3 cm³/mol. The molecule has 1 saturated heterocycles. The maximum absolute atomic E-state index is 12.1. The van der Waals surface area contributed by atoms with Gasteiger partial charge in [0.1, 0.15) is 0 Å². The molecule has 1 atom stereocenters. The number of hydrogen-bond acceptors (Lipinski definition) is 4. The number of thiazole rings is 1. The van der Waals surface area contributed by atoms with Gasteiger partial charge in [0.15, 0.2) is 5.01 Å². The van der Waals surface area contributed by atoms with Crippen molar-refractivity contribution in [3.8, 4) is 0 Å². The molecule has 1 unspecified atom stereocenters. The van der Waals surface area contributed by atoms with Crippen LogP contribution in [0.15, 0.2) is 9.98 Å². The zero-order valence-corrected chi connectivity index (χ0v) is 12.1. The van der Waals surface area contributed by atoms with Gasteiger partial charge in [0.05, 0.1) is 16.6 Å². The standard InChI is InChI=1S/C11H15BrN2O2S/c1-2-16-7-8-3-4-14(6-8)11(15)10-13-5-9(12)17-10/h5,8H,2-4,6-7H2,1H3. The van der Waals surface area contributed by atoms with E-state index >= 15 is 0 Å². The van der Waals surface area contributed by atoms with E-state index in [1.165, 1.54) is 11.3 Å². The summed E-state index contributed by atoms with van der Waals surface area (Å²) >= 11 is 4.71. The molecule has 1 aromatic heterocycles. The van der Waals surface area contributed by atoms with Gasteiger partial charge in [-0.1, -0.05) is 0 Å². The maximum atomic E-state index is 12.1. The molecule has 17 heavy (non-hydrogen) atoms. The Kier molecular flexibility index (Phi) is 4.53. The highest BCUT2D eigenvalue weighted by molar-refractivity contribution is 9.11. The van der Waals surface area contributed by atoms with Crippen molar-refractivity contribution in [3.05, 3.63) is 15.0 Å². The third-order valence-electron chi connectivity index (χ3n) is 2.79. The van der Waals surface area contributed by atoms with E-state index in [0.29, 0.717) is 10.9 Å². The van der Waals surface area contributed by atoms with Gasteiger partial charge < -0.3 is 9.64 Å². The maximum Gasteiger partial charge on any atom is 0.282 e. The molecule has 0 aliphatic carbocycles. The fourth-order valence-corrected chi connectivity index (χ4v) is 3.10. The summed E-state index contributed by atoms with van der Waals surface area (Å²) in [4.78, 5) is 18.1. The van der Waals surface area contributed by atoms with Gasteiger partial charge in [-0.2, -0.15) is 0 Å². The minimum absolute atomic E-state index is 0.0414. The number of likely N-dealkylation sites (tertiary alicyclic amines) is 1. The first-order valence-corrected chi connectivity index (χ1v) is 7.30. The Hall–Kier alpha value is -0.460. The number of carbonyl (C=O) groups excluding carboxylic acids is 1. The van der Waals surface area contributed by atoms with Crippen molar-refractivity contribution < 1.29 is 9.53 Å². The molecule has 2 rings (SSSR count). The number of amides is 1. The monoisotopic (exact) mass is 318 g/mol. The number of halogens is 1. The van der Waals surface area contributed by atoms with Crippen LogP contribution in [0.4, 0.5) is 0 Å². The van der Waals surface area contributed by atoms with Crippen molar-refractivity contribution >= 4 is 33.2 Å². The summed E-state index contributed by atoms with van der Waals surface area (Å²) < 4.78 is 6.29. The summed E-state index contributed by atoms with van der Waals surface area (Å²) in [5.41, 5.74) is 0. The summed E-state index contributed by atoms with van der Waals surface area (Å²) in [6, 6.07) is 0.